The molecule has 0 aliphatic heterocycles. The van der Waals surface area contributed by atoms with E-state index in [4.69, 9.17) is 14.2 Å². The number of esters is 3. The van der Waals surface area contributed by atoms with Crippen molar-refractivity contribution in [3.05, 3.63) is 60.8 Å². The predicted octanol–water partition coefficient (Wildman–Crippen LogP) is 22.3. The van der Waals surface area contributed by atoms with Gasteiger partial charge in [0.2, 0.25) is 0 Å². The number of hydrogen-bond acceptors (Lipinski definition) is 6. The number of rotatable bonds is 60. The number of carbonyl (C=O) groups excluding carboxylic acids is 3. The summed E-state index contributed by atoms with van der Waals surface area (Å²) in [5, 5.41) is 0. The first kappa shape index (κ1) is 72.1. The Hall–Kier alpha value is -2.89. The van der Waals surface area contributed by atoms with Crippen LogP contribution in [0.1, 0.15) is 342 Å². The summed E-state index contributed by atoms with van der Waals surface area (Å²) in [6.45, 7) is 6.53. The van der Waals surface area contributed by atoms with E-state index in [1.807, 2.05) is 0 Å². The standard InChI is InChI=1S/C69H124O6/c1-4-7-10-13-16-19-22-25-27-29-31-32-33-34-35-36-37-38-40-41-44-47-50-53-56-59-62-68(71)74-65-66(64-73-67(70)61-58-55-52-49-46-43-24-21-18-15-12-9-6-3)75-69(72)63-60-57-54-51-48-45-42-39-30-28-26-23-20-17-14-11-8-5-2/h9,12,18,20-21,23,28,30,43,46,66H,4-8,10-11,13-17,19,22,24-27,29,31-42,44-45,47-65H2,1-3H3/b12-9-,21-18-,23-20-,30-28-,46-43-. The summed E-state index contributed by atoms with van der Waals surface area (Å²) < 4.78 is 16.9. The Morgan fingerprint density at radius 1 is 0.280 bits per heavy atom. The fourth-order valence-electron chi connectivity index (χ4n) is 9.61. The molecular weight excluding hydrogens is 925 g/mol. The molecule has 0 aromatic rings. The highest BCUT2D eigenvalue weighted by Gasteiger charge is 2.19. The number of carbonyl (C=O) groups is 3. The second-order valence-corrected chi connectivity index (χ2v) is 22.0. The maximum Gasteiger partial charge on any atom is 0.306 e. The Balaban J connectivity index is 4.25. The Kier molecular flexibility index (Phi) is 61.2. The molecule has 6 nitrogen and oxygen atoms in total. The van der Waals surface area contributed by atoms with E-state index in [1.165, 1.54) is 205 Å². The Bertz CT molecular complexity index is 1340. The van der Waals surface area contributed by atoms with E-state index < -0.39 is 6.10 Å². The molecule has 0 saturated carbocycles. The SMILES string of the molecule is CC/C=C\C/C=C\C/C=C\CCCCCC(=O)OCC(COC(=O)CCCCCCCCCCCCCCCCCCCCCCCCCCCC)OC(=O)CCCCCCCCC/C=C\C/C=C\CCCCCC. The number of hydrogen-bond donors (Lipinski definition) is 0. The lowest BCUT2D eigenvalue weighted by Crippen LogP contribution is -2.30. The maximum atomic E-state index is 12.9. The van der Waals surface area contributed by atoms with Crippen molar-refractivity contribution in [1.29, 1.82) is 0 Å². The summed E-state index contributed by atoms with van der Waals surface area (Å²) in [6, 6.07) is 0. The smallest absolute Gasteiger partial charge is 0.306 e. The summed E-state index contributed by atoms with van der Waals surface area (Å²) in [5.74, 6) is -0.905. The molecular formula is C69H124O6. The van der Waals surface area contributed by atoms with Crippen molar-refractivity contribution in [2.75, 3.05) is 13.2 Å². The van der Waals surface area contributed by atoms with Crippen LogP contribution in [0.3, 0.4) is 0 Å². The van der Waals surface area contributed by atoms with Gasteiger partial charge < -0.3 is 14.2 Å². The summed E-state index contributed by atoms with van der Waals surface area (Å²) in [6.07, 6.45) is 81.0. The molecule has 0 aromatic carbocycles. The van der Waals surface area contributed by atoms with Crippen LogP contribution < -0.4 is 0 Å². The lowest BCUT2D eigenvalue weighted by Gasteiger charge is -2.18. The van der Waals surface area contributed by atoms with Gasteiger partial charge in [0, 0.05) is 19.3 Å². The van der Waals surface area contributed by atoms with Gasteiger partial charge in [-0.1, -0.05) is 300 Å². The molecule has 436 valence electrons. The number of allylic oxidation sites excluding steroid dienone is 10. The third kappa shape index (κ3) is 61.8. The molecule has 0 aliphatic rings. The monoisotopic (exact) mass is 1050 g/mol. The molecule has 0 radical (unpaired) electrons. The van der Waals surface area contributed by atoms with Crippen LogP contribution in [-0.4, -0.2) is 37.2 Å². The Morgan fingerprint density at radius 2 is 0.520 bits per heavy atom. The van der Waals surface area contributed by atoms with E-state index in [-0.39, 0.29) is 31.1 Å². The number of ether oxygens (including phenoxy) is 3. The number of unbranched alkanes of at least 4 members (excludes halogenated alkanes) is 39. The lowest BCUT2D eigenvalue weighted by molar-refractivity contribution is -0.167. The highest BCUT2D eigenvalue weighted by Crippen LogP contribution is 2.18. The summed E-state index contributed by atoms with van der Waals surface area (Å²) in [5.41, 5.74) is 0. The van der Waals surface area contributed by atoms with E-state index in [0.29, 0.717) is 19.3 Å². The average Bonchev–Trinajstić information content (AvgIpc) is 3.41. The minimum absolute atomic E-state index is 0.0840. The second kappa shape index (κ2) is 63.6. The van der Waals surface area contributed by atoms with Crippen molar-refractivity contribution in [2.45, 2.75) is 348 Å². The molecule has 0 rings (SSSR count). The molecule has 1 unspecified atom stereocenters. The zero-order valence-electron chi connectivity index (χ0n) is 50.1. The topological polar surface area (TPSA) is 78.9 Å². The van der Waals surface area contributed by atoms with E-state index in [0.717, 1.165) is 96.3 Å². The zero-order valence-corrected chi connectivity index (χ0v) is 50.1. The predicted molar refractivity (Wildman–Crippen MR) is 325 cm³/mol. The Labute approximate surface area is 466 Å². The van der Waals surface area contributed by atoms with E-state index >= 15 is 0 Å². The second-order valence-electron chi connectivity index (χ2n) is 22.0. The highest BCUT2D eigenvalue weighted by molar-refractivity contribution is 5.71. The lowest BCUT2D eigenvalue weighted by atomic mass is 10.0. The van der Waals surface area contributed by atoms with E-state index in [1.54, 1.807) is 0 Å². The highest BCUT2D eigenvalue weighted by atomic mass is 16.6. The van der Waals surface area contributed by atoms with Crippen LogP contribution in [0.15, 0.2) is 60.8 Å². The molecule has 1 atom stereocenters. The molecule has 75 heavy (non-hydrogen) atoms. The van der Waals surface area contributed by atoms with Crippen LogP contribution in [0, 0.1) is 0 Å². The molecule has 6 heteroatoms. The van der Waals surface area contributed by atoms with Gasteiger partial charge in [-0.25, -0.2) is 0 Å². The molecule has 0 aromatic heterocycles. The van der Waals surface area contributed by atoms with Crippen LogP contribution in [0.25, 0.3) is 0 Å². The van der Waals surface area contributed by atoms with Crippen LogP contribution in [0.5, 0.6) is 0 Å². The molecule has 0 aliphatic carbocycles. The molecule has 0 heterocycles. The molecule has 0 saturated heterocycles. The van der Waals surface area contributed by atoms with Gasteiger partial charge in [0.15, 0.2) is 6.10 Å². The molecule has 0 spiro atoms. The molecule has 0 N–H and O–H groups in total. The van der Waals surface area contributed by atoms with E-state index in [2.05, 4.69) is 81.5 Å². The quantitative estimate of drug-likeness (QED) is 0.0261. The molecule has 0 amide bonds. The minimum atomic E-state index is -0.790. The van der Waals surface area contributed by atoms with Crippen molar-refractivity contribution in [3.63, 3.8) is 0 Å². The first-order chi connectivity index (χ1) is 37.0. The summed E-state index contributed by atoms with van der Waals surface area (Å²) >= 11 is 0. The third-order valence-corrected chi connectivity index (χ3v) is 14.5. The van der Waals surface area contributed by atoms with Gasteiger partial charge in [-0.2, -0.15) is 0 Å². The first-order valence-corrected chi connectivity index (χ1v) is 32.8. The van der Waals surface area contributed by atoms with Gasteiger partial charge in [0.05, 0.1) is 0 Å². The van der Waals surface area contributed by atoms with Crippen LogP contribution in [0.4, 0.5) is 0 Å². The normalized spacial score (nSPS) is 12.4. The van der Waals surface area contributed by atoms with Crippen molar-refractivity contribution in [1.82, 2.24) is 0 Å². The third-order valence-electron chi connectivity index (χ3n) is 14.5. The van der Waals surface area contributed by atoms with Gasteiger partial charge in [-0.3, -0.25) is 14.4 Å². The van der Waals surface area contributed by atoms with Gasteiger partial charge in [0.25, 0.3) is 0 Å². The molecule has 0 bridgehead atoms. The summed E-state index contributed by atoms with van der Waals surface area (Å²) in [7, 11) is 0. The van der Waals surface area contributed by atoms with Crippen LogP contribution in [-0.2, 0) is 28.6 Å². The largest absolute Gasteiger partial charge is 0.462 e. The van der Waals surface area contributed by atoms with E-state index in [9.17, 15) is 14.4 Å². The van der Waals surface area contributed by atoms with Gasteiger partial charge in [-0.15, -0.1) is 0 Å². The van der Waals surface area contributed by atoms with Gasteiger partial charge >= 0.3 is 17.9 Å². The Morgan fingerprint density at radius 3 is 0.840 bits per heavy atom. The first-order valence-electron chi connectivity index (χ1n) is 32.8. The van der Waals surface area contributed by atoms with Crippen molar-refractivity contribution in [2.24, 2.45) is 0 Å². The fraction of sp³-hybridized carbons (Fsp3) is 0.812. The average molecular weight is 1050 g/mol. The van der Waals surface area contributed by atoms with Gasteiger partial charge in [-0.05, 0) is 83.5 Å². The summed E-state index contributed by atoms with van der Waals surface area (Å²) in [4.78, 5) is 38.3. The zero-order chi connectivity index (χ0) is 54.3. The van der Waals surface area contributed by atoms with Crippen LogP contribution >= 0.6 is 0 Å². The minimum Gasteiger partial charge on any atom is -0.462 e. The fourth-order valence-corrected chi connectivity index (χ4v) is 9.61. The molecule has 0 fully saturated rings. The van der Waals surface area contributed by atoms with Crippen LogP contribution in [0.2, 0.25) is 0 Å². The van der Waals surface area contributed by atoms with Crippen molar-refractivity contribution >= 4 is 17.9 Å². The maximum absolute atomic E-state index is 12.9. The van der Waals surface area contributed by atoms with Crippen molar-refractivity contribution < 1.29 is 28.6 Å². The van der Waals surface area contributed by atoms with Gasteiger partial charge in [0.1, 0.15) is 13.2 Å². The van der Waals surface area contributed by atoms with Crippen molar-refractivity contribution in [3.8, 4) is 0 Å².